The van der Waals surface area contributed by atoms with Crippen molar-refractivity contribution >= 4 is 40.8 Å². The average molecular weight is 555 g/mol. The molecule has 6 heteroatoms. The molecule has 0 fully saturated rings. The normalized spacial score (nSPS) is 13.7. The SMILES string of the molecule is O=Cc1sc(C(=O)N2CCc3c(-c4ccccc4)cccc32)cc1C(=O)N1CCc2c(-c3ccccc3)cccc21. The van der Waals surface area contributed by atoms with E-state index < -0.39 is 0 Å². The number of aldehydes is 1. The molecule has 0 bridgehead atoms. The van der Waals surface area contributed by atoms with Gasteiger partial charge in [0.05, 0.1) is 15.3 Å². The summed E-state index contributed by atoms with van der Waals surface area (Å²) in [5, 5.41) is 0. The minimum absolute atomic E-state index is 0.186. The van der Waals surface area contributed by atoms with Crippen molar-refractivity contribution < 1.29 is 14.4 Å². The lowest BCUT2D eigenvalue weighted by Crippen LogP contribution is -2.29. The zero-order valence-corrected chi connectivity index (χ0v) is 23.1. The van der Waals surface area contributed by atoms with Crippen molar-refractivity contribution in [1.82, 2.24) is 0 Å². The third-order valence-corrected chi connectivity index (χ3v) is 9.07. The largest absolute Gasteiger partial charge is 0.308 e. The molecule has 0 aliphatic carbocycles. The Kier molecular flexibility index (Phi) is 6.33. The minimum atomic E-state index is -0.250. The van der Waals surface area contributed by atoms with Crippen molar-refractivity contribution in [1.29, 1.82) is 0 Å². The van der Waals surface area contributed by atoms with E-state index in [4.69, 9.17) is 0 Å². The summed E-state index contributed by atoms with van der Waals surface area (Å²) >= 11 is 1.09. The van der Waals surface area contributed by atoms with E-state index >= 15 is 0 Å². The van der Waals surface area contributed by atoms with Crippen LogP contribution in [0.5, 0.6) is 0 Å². The molecule has 0 unspecified atom stereocenters. The maximum atomic E-state index is 13.8. The number of nitrogens with zero attached hydrogens (tertiary/aromatic N) is 2. The molecular formula is C35H26N2O3S. The lowest BCUT2D eigenvalue weighted by atomic mass is 9.98. The number of carbonyl (C=O) groups excluding carboxylic acids is 3. The van der Waals surface area contributed by atoms with Crippen LogP contribution in [0.4, 0.5) is 11.4 Å². The van der Waals surface area contributed by atoms with Gasteiger partial charge < -0.3 is 9.80 Å². The third kappa shape index (κ3) is 4.28. The van der Waals surface area contributed by atoms with Crippen molar-refractivity contribution in [2.24, 2.45) is 0 Å². The first-order valence-electron chi connectivity index (χ1n) is 13.7. The summed E-state index contributed by atoms with van der Waals surface area (Å²) in [4.78, 5) is 43.9. The average Bonchev–Trinajstić information content (AvgIpc) is 3.78. The summed E-state index contributed by atoms with van der Waals surface area (Å²) in [5.41, 5.74) is 8.73. The van der Waals surface area contributed by atoms with E-state index in [1.165, 1.54) is 0 Å². The monoisotopic (exact) mass is 554 g/mol. The molecule has 0 saturated heterocycles. The van der Waals surface area contributed by atoms with E-state index in [2.05, 4.69) is 36.4 Å². The Morgan fingerprint density at radius 2 is 1.15 bits per heavy atom. The first-order valence-corrected chi connectivity index (χ1v) is 14.5. The van der Waals surface area contributed by atoms with Crippen LogP contribution in [0.2, 0.25) is 0 Å². The Labute approximate surface area is 242 Å². The number of rotatable bonds is 5. The Bertz CT molecular complexity index is 1810. The molecule has 2 amide bonds. The van der Waals surface area contributed by atoms with Crippen molar-refractivity contribution in [2.45, 2.75) is 12.8 Å². The van der Waals surface area contributed by atoms with Crippen molar-refractivity contribution in [3.05, 3.63) is 130 Å². The van der Waals surface area contributed by atoms with Crippen LogP contribution in [0.25, 0.3) is 22.3 Å². The molecule has 41 heavy (non-hydrogen) atoms. The number of benzene rings is 4. The highest BCUT2D eigenvalue weighted by Crippen LogP contribution is 2.39. The summed E-state index contributed by atoms with van der Waals surface area (Å²) < 4.78 is 0. The molecule has 0 N–H and O–H groups in total. The Hall–Kier alpha value is -4.81. The molecule has 0 saturated carbocycles. The van der Waals surface area contributed by atoms with Crippen LogP contribution in [0.3, 0.4) is 0 Å². The van der Waals surface area contributed by atoms with Crippen LogP contribution in [0, 0.1) is 0 Å². The van der Waals surface area contributed by atoms with Gasteiger partial charge in [-0.15, -0.1) is 11.3 Å². The summed E-state index contributed by atoms with van der Waals surface area (Å²) in [7, 11) is 0. The van der Waals surface area contributed by atoms with Gasteiger partial charge >= 0.3 is 0 Å². The molecule has 2 aliphatic heterocycles. The second-order valence-corrected chi connectivity index (χ2v) is 11.3. The third-order valence-electron chi connectivity index (χ3n) is 8.02. The van der Waals surface area contributed by atoms with Crippen molar-refractivity contribution in [2.75, 3.05) is 22.9 Å². The Morgan fingerprint density at radius 1 is 0.634 bits per heavy atom. The fraction of sp³-hybridized carbons (Fsp3) is 0.114. The molecule has 3 heterocycles. The number of hydrogen-bond acceptors (Lipinski definition) is 4. The van der Waals surface area contributed by atoms with Gasteiger partial charge in [-0.1, -0.05) is 84.9 Å². The zero-order chi connectivity index (χ0) is 27.9. The van der Waals surface area contributed by atoms with E-state index in [0.29, 0.717) is 24.3 Å². The van der Waals surface area contributed by atoms with Gasteiger partial charge in [0.25, 0.3) is 11.8 Å². The Morgan fingerprint density at radius 3 is 1.66 bits per heavy atom. The molecule has 4 aromatic carbocycles. The maximum Gasteiger partial charge on any atom is 0.268 e. The number of carbonyl (C=O) groups is 3. The first-order chi connectivity index (χ1) is 20.1. The first kappa shape index (κ1) is 25.2. The van der Waals surface area contributed by atoms with Crippen LogP contribution in [0.15, 0.2) is 103 Å². The molecule has 0 radical (unpaired) electrons. The lowest BCUT2D eigenvalue weighted by molar-refractivity contribution is 0.0983. The van der Waals surface area contributed by atoms with Gasteiger partial charge in [0.1, 0.15) is 0 Å². The van der Waals surface area contributed by atoms with Gasteiger partial charge in [0, 0.05) is 24.5 Å². The van der Waals surface area contributed by atoms with E-state index in [1.807, 2.05) is 60.7 Å². The second-order valence-electron chi connectivity index (χ2n) is 10.3. The predicted molar refractivity (Wildman–Crippen MR) is 164 cm³/mol. The van der Waals surface area contributed by atoms with Crippen LogP contribution in [0.1, 0.15) is 40.8 Å². The van der Waals surface area contributed by atoms with Gasteiger partial charge in [0.15, 0.2) is 6.29 Å². The Balaban J connectivity index is 1.19. The van der Waals surface area contributed by atoms with Crippen LogP contribution >= 0.6 is 11.3 Å². The highest BCUT2D eigenvalue weighted by Gasteiger charge is 2.33. The van der Waals surface area contributed by atoms with Gasteiger partial charge in [-0.05, 0) is 64.4 Å². The highest BCUT2D eigenvalue weighted by molar-refractivity contribution is 7.16. The number of hydrogen-bond donors (Lipinski definition) is 0. The second kappa shape index (κ2) is 10.3. The predicted octanol–water partition coefficient (Wildman–Crippen LogP) is 7.30. The lowest BCUT2D eigenvalue weighted by Gasteiger charge is -2.18. The topological polar surface area (TPSA) is 57.7 Å². The van der Waals surface area contributed by atoms with Crippen LogP contribution in [-0.2, 0) is 12.8 Å². The maximum absolute atomic E-state index is 13.8. The van der Waals surface area contributed by atoms with Gasteiger partial charge in [-0.3, -0.25) is 14.4 Å². The minimum Gasteiger partial charge on any atom is -0.308 e. The van der Waals surface area contributed by atoms with Crippen LogP contribution in [-0.4, -0.2) is 31.2 Å². The van der Waals surface area contributed by atoms with Crippen molar-refractivity contribution in [3.63, 3.8) is 0 Å². The van der Waals surface area contributed by atoms with E-state index in [9.17, 15) is 14.4 Å². The van der Waals surface area contributed by atoms with E-state index in [1.54, 1.807) is 15.9 Å². The molecule has 0 spiro atoms. The molecular weight excluding hydrogens is 528 g/mol. The van der Waals surface area contributed by atoms with Gasteiger partial charge in [0.2, 0.25) is 0 Å². The number of fused-ring (bicyclic) bond motifs is 2. The number of thiophene rings is 1. The molecule has 5 nitrogen and oxygen atoms in total. The van der Waals surface area contributed by atoms with Crippen LogP contribution < -0.4 is 9.80 Å². The van der Waals surface area contributed by atoms with Crippen molar-refractivity contribution in [3.8, 4) is 22.3 Å². The fourth-order valence-electron chi connectivity index (χ4n) is 6.11. The molecule has 200 valence electrons. The molecule has 2 aliphatic rings. The fourth-order valence-corrected chi connectivity index (χ4v) is 7.03. The quantitative estimate of drug-likeness (QED) is 0.214. The highest BCUT2D eigenvalue weighted by atomic mass is 32.1. The smallest absolute Gasteiger partial charge is 0.268 e. The zero-order valence-electron chi connectivity index (χ0n) is 22.2. The van der Waals surface area contributed by atoms with Gasteiger partial charge in [-0.2, -0.15) is 0 Å². The number of anilines is 2. The number of amides is 2. The van der Waals surface area contributed by atoms with Gasteiger partial charge in [-0.25, -0.2) is 0 Å². The molecule has 0 atom stereocenters. The summed E-state index contributed by atoms with van der Waals surface area (Å²) in [6.45, 7) is 1.08. The van der Waals surface area contributed by atoms with E-state index in [-0.39, 0.29) is 22.3 Å². The molecule has 5 aromatic rings. The standard InChI is InChI=1S/C35H26N2O3S/c38-22-33-29(34(39)36-19-17-27-25(13-7-15-30(27)36)23-9-3-1-4-10-23)21-32(41-33)35(40)37-20-18-28-26(14-8-16-31(28)37)24-11-5-2-6-12-24/h1-16,21-22H,17-20H2. The summed E-state index contributed by atoms with van der Waals surface area (Å²) in [6.07, 6.45) is 2.17. The van der Waals surface area contributed by atoms with E-state index in [0.717, 1.165) is 68.9 Å². The molecule has 1 aromatic heterocycles. The summed E-state index contributed by atoms with van der Waals surface area (Å²) in [5.74, 6) is -0.436. The molecule has 7 rings (SSSR count). The summed E-state index contributed by atoms with van der Waals surface area (Å²) in [6, 6.07) is 34.0.